The van der Waals surface area contributed by atoms with Crippen molar-refractivity contribution in [2.24, 2.45) is 17.6 Å². The molecule has 1 saturated carbocycles. The Bertz CT molecular complexity index is 183. The van der Waals surface area contributed by atoms with E-state index in [1.807, 2.05) is 0 Å². The van der Waals surface area contributed by atoms with Crippen LogP contribution in [0.2, 0.25) is 0 Å². The normalized spacial score (nSPS) is 28.7. The lowest BCUT2D eigenvalue weighted by Gasteiger charge is -2.33. The van der Waals surface area contributed by atoms with E-state index in [9.17, 15) is 0 Å². The quantitative estimate of drug-likeness (QED) is 0.781. The van der Waals surface area contributed by atoms with Gasteiger partial charge in [0.05, 0.1) is 0 Å². The first-order valence-corrected chi connectivity index (χ1v) is 6.94. The SMILES string of the molecule is CC(C)CC(C)N(C)CC1CCC(N)CC1. The molecule has 0 saturated heterocycles. The van der Waals surface area contributed by atoms with Gasteiger partial charge in [-0.2, -0.15) is 0 Å². The maximum atomic E-state index is 5.94. The Morgan fingerprint density at radius 3 is 2.19 bits per heavy atom. The summed E-state index contributed by atoms with van der Waals surface area (Å²) >= 11 is 0. The summed E-state index contributed by atoms with van der Waals surface area (Å²) in [5, 5.41) is 0. The monoisotopic (exact) mass is 226 g/mol. The minimum Gasteiger partial charge on any atom is -0.328 e. The van der Waals surface area contributed by atoms with Gasteiger partial charge in [0.1, 0.15) is 0 Å². The third-order valence-corrected chi connectivity index (χ3v) is 4.00. The molecule has 0 aromatic rings. The molecule has 0 amide bonds. The number of nitrogens with zero attached hydrogens (tertiary/aromatic N) is 1. The van der Waals surface area contributed by atoms with Crippen molar-refractivity contribution in [1.82, 2.24) is 4.90 Å². The van der Waals surface area contributed by atoms with Crippen molar-refractivity contribution in [3.63, 3.8) is 0 Å². The summed E-state index contributed by atoms with van der Waals surface area (Å²) in [4.78, 5) is 2.54. The van der Waals surface area contributed by atoms with Crippen LogP contribution < -0.4 is 5.73 Å². The molecule has 0 radical (unpaired) electrons. The summed E-state index contributed by atoms with van der Waals surface area (Å²) in [5.74, 6) is 1.69. The standard InChI is InChI=1S/C14H30N2/c1-11(2)9-12(3)16(4)10-13-5-7-14(15)8-6-13/h11-14H,5-10,15H2,1-4H3. The lowest BCUT2D eigenvalue weighted by molar-refractivity contribution is 0.170. The van der Waals surface area contributed by atoms with Gasteiger partial charge < -0.3 is 10.6 Å². The molecular weight excluding hydrogens is 196 g/mol. The molecule has 0 bridgehead atoms. The Morgan fingerprint density at radius 2 is 1.69 bits per heavy atom. The molecule has 0 spiro atoms. The second kappa shape index (κ2) is 6.61. The minimum atomic E-state index is 0.481. The lowest BCUT2D eigenvalue weighted by Crippen LogP contribution is -2.37. The average molecular weight is 226 g/mol. The molecule has 1 atom stereocenters. The van der Waals surface area contributed by atoms with E-state index in [2.05, 4.69) is 32.7 Å². The van der Waals surface area contributed by atoms with Gasteiger partial charge in [0.2, 0.25) is 0 Å². The molecule has 1 rings (SSSR count). The average Bonchev–Trinajstić information content (AvgIpc) is 2.20. The Balaban J connectivity index is 2.25. The number of rotatable bonds is 5. The van der Waals surface area contributed by atoms with Crippen LogP contribution in [-0.4, -0.2) is 30.6 Å². The van der Waals surface area contributed by atoms with Crippen LogP contribution in [0, 0.1) is 11.8 Å². The van der Waals surface area contributed by atoms with E-state index in [0.29, 0.717) is 6.04 Å². The molecule has 2 nitrogen and oxygen atoms in total. The smallest absolute Gasteiger partial charge is 0.00664 e. The maximum absolute atomic E-state index is 5.94. The van der Waals surface area contributed by atoms with E-state index < -0.39 is 0 Å². The van der Waals surface area contributed by atoms with Crippen LogP contribution in [0.5, 0.6) is 0 Å². The molecule has 16 heavy (non-hydrogen) atoms. The molecular formula is C14H30N2. The summed E-state index contributed by atoms with van der Waals surface area (Å²) in [6.45, 7) is 8.24. The van der Waals surface area contributed by atoms with E-state index in [4.69, 9.17) is 5.73 Å². The summed E-state index contributed by atoms with van der Waals surface area (Å²) < 4.78 is 0. The van der Waals surface area contributed by atoms with Gasteiger partial charge in [-0.15, -0.1) is 0 Å². The van der Waals surface area contributed by atoms with Crippen molar-refractivity contribution in [1.29, 1.82) is 0 Å². The van der Waals surface area contributed by atoms with Crippen LogP contribution >= 0.6 is 0 Å². The third kappa shape index (κ3) is 4.84. The summed E-state index contributed by atoms with van der Waals surface area (Å²) in [7, 11) is 2.28. The van der Waals surface area contributed by atoms with Crippen molar-refractivity contribution < 1.29 is 0 Å². The van der Waals surface area contributed by atoms with Gasteiger partial charge in [-0.05, 0) is 57.9 Å². The fourth-order valence-corrected chi connectivity index (χ4v) is 2.82. The first-order valence-electron chi connectivity index (χ1n) is 6.94. The van der Waals surface area contributed by atoms with E-state index >= 15 is 0 Å². The van der Waals surface area contributed by atoms with Gasteiger partial charge in [-0.3, -0.25) is 0 Å². The first-order chi connectivity index (χ1) is 7.49. The summed E-state index contributed by atoms with van der Waals surface area (Å²) in [5.41, 5.74) is 5.94. The van der Waals surface area contributed by atoms with E-state index in [-0.39, 0.29) is 0 Å². The number of hydrogen-bond acceptors (Lipinski definition) is 2. The van der Waals surface area contributed by atoms with Crippen molar-refractivity contribution in [3.8, 4) is 0 Å². The van der Waals surface area contributed by atoms with Crippen LogP contribution in [0.3, 0.4) is 0 Å². The highest BCUT2D eigenvalue weighted by atomic mass is 15.1. The number of hydrogen-bond donors (Lipinski definition) is 1. The second-order valence-electron chi connectivity index (χ2n) is 6.20. The predicted molar refractivity (Wildman–Crippen MR) is 71.5 cm³/mol. The van der Waals surface area contributed by atoms with Gasteiger partial charge >= 0.3 is 0 Å². The molecule has 1 unspecified atom stereocenters. The van der Waals surface area contributed by atoms with Gasteiger partial charge in [-0.1, -0.05) is 13.8 Å². The van der Waals surface area contributed by atoms with E-state index in [1.54, 1.807) is 0 Å². The van der Waals surface area contributed by atoms with Crippen molar-refractivity contribution in [2.75, 3.05) is 13.6 Å². The van der Waals surface area contributed by atoms with E-state index in [1.165, 1.54) is 38.6 Å². The van der Waals surface area contributed by atoms with E-state index in [0.717, 1.165) is 17.9 Å². The Morgan fingerprint density at radius 1 is 1.12 bits per heavy atom. The number of nitrogens with two attached hydrogens (primary N) is 1. The second-order valence-corrected chi connectivity index (χ2v) is 6.20. The summed E-state index contributed by atoms with van der Waals surface area (Å²) in [6.07, 6.45) is 6.44. The van der Waals surface area contributed by atoms with Gasteiger partial charge in [0.25, 0.3) is 0 Å². The zero-order valence-electron chi connectivity index (χ0n) is 11.6. The van der Waals surface area contributed by atoms with Crippen molar-refractivity contribution in [3.05, 3.63) is 0 Å². The van der Waals surface area contributed by atoms with Crippen LogP contribution in [0.25, 0.3) is 0 Å². The van der Waals surface area contributed by atoms with Crippen molar-refractivity contribution in [2.45, 2.75) is 65.0 Å². The summed E-state index contributed by atoms with van der Waals surface area (Å²) in [6, 6.07) is 1.20. The molecule has 0 aliphatic heterocycles. The molecule has 0 aromatic carbocycles. The van der Waals surface area contributed by atoms with Crippen LogP contribution in [-0.2, 0) is 0 Å². The predicted octanol–water partition coefficient (Wildman–Crippen LogP) is 2.87. The Hall–Kier alpha value is -0.0800. The zero-order valence-corrected chi connectivity index (χ0v) is 11.6. The molecule has 96 valence electrons. The van der Waals surface area contributed by atoms with Crippen LogP contribution in [0.4, 0.5) is 0 Å². The van der Waals surface area contributed by atoms with Crippen molar-refractivity contribution >= 4 is 0 Å². The van der Waals surface area contributed by atoms with Gasteiger partial charge in [0, 0.05) is 18.6 Å². The highest BCUT2D eigenvalue weighted by Gasteiger charge is 2.21. The molecule has 0 aromatic heterocycles. The molecule has 1 aliphatic carbocycles. The molecule has 0 heterocycles. The van der Waals surface area contributed by atoms with Crippen LogP contribution in [0.1, 0.15) is 52.9 Å². The fourth-order valence-electron chi connectivity index (χ4n) is 2.82. The molecule has 2 N–H and O–H groups in total. The van der Waals surface area contributed by atoms with Crippen LogP contribution in [0.15, 0.2) is 0 Å². The highest BCUT2D eigenvalue weighted by molar-refractivity contribution is 4.77. The third-order valence-electron chi connectivity index (χ3n) is 4.00. The molecule has 2 heteroatoms. The fraction of sp³-hybridized carbons (Fsp3) is 1.00. The largest absolute Gasteiger partial charge is 0.328 e. The first kappa shape index (κ1) is 14.0. The zero-order chi connectivity index (χ0) is 12.1. The van der Waals surface area contributed by atoms with Gasteiger partial charge in [0.15, 0.2) is 0 Å². The topological polar surface area (TPSA) is 29.3 Å². The highest BCUT2D eigenvalue weighted by Crippen LogP contribution is 2.24. The molecule has 1 aliphatic rings. The minimum absolute atomic E-state index is 0.481. The lowest BCUT2D eigenvalue weighted by atomic mass is 9.86. The Labute approximate surface area is 102 Å². The molecule has 1 fully saturated rings. The maximum Gasteiger partial charge on any atom is 0.00664 e. The Kier molecular flexibility index (Phi) is 5.77. The van der Waals surface area contributed by atoms with Gasteiger partial charge in [-0.25, -0.2) is 0 Å².